The van der Waals surface area contributed by atoms with Crippen LogP contribution in [0.3, 0.4) is 0 Å². The van der Waals surface area contributed by atoms with Crippen LogP contribution < -0.4 is 0 Å². The number of halogens is 1. The van der Waals surface area contributed by atoms with Crippen LogP contribution in [-0.2, 0) is 4.74 Å². The first-order valence-corrected chi connectivity index (χ1v) is 5.38. The molecular formula is C11H12ClNO2. The summed E-state index contributed by atoms with van der Waals surface area (Å²) in [5.41, 5.74) is 0.506. The molecule has 1 aliphatic heterocycles. The molecule has 2 heterocycles. The van der Waals surface area contributed by atoms with Gasteiger partial charge in [-0.3, -0.25) is 9.78 Å². The first-order valence-electron chi connectivity index (χ1n) is 5.01. The van der Waals surface area contributed by atoms with Crippen LogP contribution in [0.1, 0.15) is 23.3 Å². The SMILES string of the molecule is O=C(c1ccc(Cl)cn1)C1CCOCC1. The predicted molar refractivity (Wildman–Crippen MR) is 57.1 cm³/mol. The highest BCUT2D eigenvalue weighted by Crippen LogP contribution is 2.19. The molecule has 80 valence electrons. The molecule has 3 nitrogen and oxygen atoms in total. The molecule has 0 N–H and O–H groups in total. The minimum atomic E-state index is 0.0624. The number of carbonyl (C=O) groups excluding carboxylic acids is 1. The van der Waals surface area contributed by atoms with Crippen LogP contribution in [0.25, 0.3) is 0 Å². The maximum Gasteiger partial charge on any atom is 0.184 e. The molecule has 0 unspecified atom stereocenters. The van der Waals surface area contributed by atoms with E-state index in [9.17, 15) is 4.79 Å². The number of ketones is 1. The predicted octanol–water partition coefficient (Wildman–Crippen LogP) is 2.34. The van der Waals surface area contributed by atoms with Gasteiger partial charge in [0, 0.05) is 25.3 Å². The lowest BCUT2D eigenvalue weighted by atomic mass is 9.93. The van der Waals surface area contributed by atoms with Crippen molar-refractivity contribution in [3.8, 4) is 0 Å². The minimum absolute atomic E-state index is 0.0624. The molecule has 2 rings (SSSR count). The van der Waals surface area contributed by atoms with E-state index in [1.165, 1.54) is 6.20 Å². The fourth-order valence-corrected chi connectivity index (χ4v) is 1.80. The number of nitrogens with zero attached hydrogens (tertiary/aromatic N) is 1. The monoisotopic (exact) mass is 225 g/mol. The zero-order chi connectivity index (χ0) is 10.7. The van der Waals surface area contributed by atoms with E-state index in [2.05, 4.69) is 4.98 Å². The van der Waals surface area contributed by atoms with Gasteiger partial charge in [0.2, 0.25) is 0 Å². The number of carbonyl (C=O) groups is 1. The Morgan fingerprint density at radius 1 is 1.40 bits per heavy atom. The lowest BCUT2D eigenvalue weighted by Gasteiger charge is -2.20. The molecule has 1 fully saturated rings. The zero-order valence-corrected chi connectivity index (χ0v) is 9.04. The first-order chi connectivity index (χ1) is 7.27. The fourth-order valence-electron chi connectivity index (χ4n) is 1.69. The largest absolute Gasteiger partial charge is 0.381 e. The number of ether oxygens (including phenoxy) is 1. The smallest absolute Gasteiger partial charge is 0.184 e. The van der Waals surface area contributed by atoms with Gasteiger partial charge in [-0.05, 0) is 25.0 Å². The van der Waals surface area contributed by atoms with Crippen LogP contribution in [0.15, 0.2) is 18.3 Å². The summed E-state index contributed by atoms with van der Waals surface area (Å²) in [5, 5.41) is 0.554. The van der Waals surface area contributed by atoms with Gasteiger partial charge < -0.3 is 4.74 Å². The summed E-state index contributed by atoms with van der Waals surface area (Å²) < 4.78 is 5.21. The summed E-state index contributed by atoms with van der Waals surface area (Å²) >= 11 is 5.71. The Kier molecular flexibility index (Phi) is 3.34. The third-order valence-corrected chi connectivity index (χ3v) is 2.80. The standard InChI is InChI=1S/C11H12ClNO2/c12-9-1-2-10(13-7-9)11(14)8-3-5-15-6-4-8/h1-2,7-8H,3-6H2. The Balaban J connectivity index is 2.09. The van der Waals surface area contributed by atoms with Crippen molar-refractivity contribution in [1.82, 2.24) is 4.98 Å². The van der Waals surface area contributed by atoms with Crippen molar-refractivity contribution in [1.29, 1.82) is 0 Å². The lowest BCUT2D eigenvalue weighted by molar-refractivity contribution is 0.0541. The van der Waals surface area contributed by atoms with Crippen molar-refractivity contribution in [3.63, 3.8) is 0 Å². The quantitative estimate of drug-likeness (QED) is 0.726. The molecule has 1 aromatic rings. The Morgan fingerprint density at radius 3 is 2.73 bits per heavy atom. The van der Waals surface area contributed by atoms with Gasteiger partial charge in [-0.25, -0.2) is 0 Å². The van der Waals surface area contributed by atoms with Crippen molar-refractivity contribution in [3.05, 3.63) is 29.0 Å². The average molecular weight is 226 g/mol. The van der Waals surface area contributed by atoms with Crippen LogP contribution in [0, 0.1) is 5.92 Å². The molecule has 0 aliphatic carbocycles. The van der Waals surface area contributed by atoms with Crippen molar-refractivity contribution in [2.75, 3.05) is 13.2 Å². The topological polar surface area (TPSA) is 39.2 Å². The molecule has 1 aliphatic rings. The van der Waals surface area contributed by atoms with E-state index in [1.807, 2.05) is 0 Å². The van der Waals surface area contributed by atoms with E-state index >= 15 is 0 Å². The highest BCUT2D eigenvalue weighted by atomic mass is 35.5. The van der Waals surface area contributed by atoms with Gasteiger partial charge in [-0.15, -0.1) is 0 Å². The molecular weight excluding hydrogens is 214 g/mol. The maximum atomic E-state index is 11.9. The first kappa shape index (κ1) is 10.6. The van der Waals surface area contributed by atoms with E-state index in [-0.39, 0.29) is 11.7 Å². The molecule has 0 bridgehead atoms. The van der Waals surface area contributed by atoms with Gasteiger partial charge in [0.15, 0.2) is 5.78 Å². The van der Waals surface area contributed by atoms with Gasteiger partial charge in [-0.1, -0.05) is 11.6 Å². The number of aromatic nitrogens is 1. The summed E-state index contributed by atoms with van der Waals surface area (Å²) in [4.78, 5) is 16.0. The molecule has 0 amide bonds. The average Bonchev–Trinajstić information content (AvgIpc) is 2.30. The molecule has 0 atom stereocenters. The van der Waals surface area contributed by atoms with Gasteiger partial charge in [0.25, 0.3) is 0 Å². The van der Waals surface area contributed by atoms with Crippen molar-refractivity contribution < 1.29 is 9.53 Å². The number of hydrogen-bond acceptors (Lipinski definition) is 3. The Hall–Kier alpha value is -0.930. The number of hydrogen-bond donors (Lipinski definition) is 0. The highest BCUT2D eigenvalue weighted by molar-refractivity contribution is 6.30. The third kappa shape index (κ3) is 2.55. The normalized spacial score (nSPS) is 17.7. The van der Waals surface area contributed by atoms with Crippen LogP contribution >= 0.6 is 11.6 Å². The summed E-state index contributed by atoms with van der Waals surface area (Å²) in [6.45, 7) is 1.34. The molecule has 0 saturated carbocycles. The van der Waals surface area contributed by atoms with Crippen molar-refractivity contribution >= 4 is 17.4 Å². The summed E-state index contributed by atoms with van der Waals surface area (Å²) in [7, 11) is 0. The molecule has 1 aromatic heterocycles. The summed E-state index contributed by atoms with van der Waals surface area (Å²) in [6.07, 6.45) is 3.10. The van der Waals surface area contributed by atoms with Crippen LogP contribution in [0.5, 0.6) is 0 Å². The minimum Gasteiger partial charge on any atom is -0.381 e. The molecule has 15 heavy (non-hydrogen) atoms. The van der Waals surface area contributed by atoms with Gasteiger partial charge in [0.05, 0.1) is 5.02 Å². The second-order valence-electron chi connectivity index (χ2n) is 3.61. The third-order valence-electron chi connectivity index (χ3n) is 2.57. The number of Topliss-reactive ketones (excluding diaryl/α,β-unsaturated/α-hetero) is 1. The van der Waals surface area contributed by atoms with E-state index in [1.54, 1.807) is 12.1 Å². The van der Waals surface area contributed by atoms with Crippen molar-refractivity contribution in [2.45, 2.75) is 12.8 Å². The van der Waals surface area contributed by atoms with Gasteiger partial charge in [0.1, 0.15) is 5.69 Å². The molecule has 1 saturated heterocycles. The summed E-state index contributed by atoms with van der Waals surface area (Å²) in [6, 6.07) is 3.38. The van der Waals surface area contributed by atoms with E-state index in [0.717, 1.165) is 12.8 Å². The van der Waals surface area contributed by atoms with Crippen LogP contribution in [0.4, 0.5) is 0 Å². The maximum absolute atomic E-state index is 11.9. The van der Waals surface area contributed by atoms with Crippen LogP contribution in [-0.4, -0.2) is 24.0 Å². The number of pyridine rings is 1. The van der Waals surface area contributed by atoms with Crippen LogP contribution in [0.2, 0.25) is 5.02 Å². The van der Waals surface area contributed by atoms with E-state index < -0.39 is 0 Å². The zero-order valence-electron chi connectivity index (χ0n) is 8.28. The Morgan fingerprint density at radius 2 is 2.13 bits per heavy atom. The highest BCUT2D eigenvalue weighted by Gasteiger charge is 2.23. The van der Waals surface area contributed by atoms with E-state index in [4.69, 9.17) is 16.3 Å². The van der Waals surface area contributed by atoms with Gasteiger partial charge >= 0.3 is 0 Å². The second-order valence-corrected chi connectivity index (χ2v) is 4.05. The molecule has 4 heteroatoms. The fraction of sp³-hybridized carbons (Fsp3) is 0.455. The molecule has 0 spiro atoms. The molecule has 0 radical (unpaired) electrons. The van der Waals surface area contributed by atoms with E-state index in [0.29, 0.717) is 23.9 Å². The molecule has 0 aromatic carbocycles. The van der Waals surface area contributed by atoms with Gasteiger partial charge in [-0.2, -0.15) is 0 Å². The van der Waals surface area contributed by atoms with Crippen molar-refractivity contribution in [2.24, 2.45) is 5.92 Å². The number of rotatable bonds is 2. The Labute approximate surface area is 93.4 Å². The second kappa shape index (κ2) is 4.73. The lowest BCUT2D eigenvalue weighted by Crippen LogP contribution is -2.24. The Bertz CT molecular complexity index is 344. The summed E-state index contributed by atoms with van der Waals surface area (Å²) in [5.74, 6) is 0.169.